The van der Waals surface area contributed by atoms with E-state index >= 15 is 0 Å². The Bertz CT molecular complexity index is 737. The molecule has 0 radical (unpaired) electrons. The highest BCUT2D eigenvalue weighted by Crippen LogP contribution is 2.19. The highest BCUT2D eigenvalue weighted by atomic mass is 79.9. The van der Waals surface area contributed by atoms with E-state index in [1.165, 1.54) is 38.6 Å². The first kappa shape index (κ1) is 16.7. The van der Waals surface area contributed by atoms with Gasteiger partial charge in [0.05, 0.1) is 36.0 Å². The minimum Gasteiger partial charge on any atom is -0.465 e. The Hall–Kier alpha value is -2.68. The number of amides is 1. The number of esters is 2. The smallest absolute Gasteiger partial charge is 0.337 e. The van der Waals surface area contributed by atoms with Crippen LogP contribution < -0.4 is 5.32 Å². The van der Waals surface area contributed by atoms with Gasteiger partial charge < -0.3 is 14.8 Å². The van der Waals surface area contributed by atoms with Gasteiger partial charge in [-0.05, 0) is 34.1 Å². The fourth-order valence-electron chi connectivity index (χ4n) is 1.80. The van der Waals surface area contributed by atoms with Gasteiger partial charge in [-0.3, -0.25) is 9.89 Å². The zero-order chi connectivity index (χ0) is 17.0. The summed E-state index contributed by atoms with van der Waals surface area (Å²) in [5.74, 6) is -1.78. The molecule has 0 aliphatic rings. The lowest BCUT2D eigenvalue weighted by Crippen LogP contribution is -2.15. The second-order valence-electron chi connectivity index (χ2n) is 4.33. The van der Waals surface area contributed by atoms with E-state index in [9.17, 15) is 14.4 Å². The first-order chi connectivity index (χ1) is 11.0. The summed E-state index contributed by atoms with van der Waals surface area (Å²) in [5.41, 5.74) is 0.650. The van der Waals surface area contributed by atoms with Crippen molar-refractivity contribution in [2.24, 2.45) is 0 Å². The Balaban J connectivity index is 2.37. The number of carbonyl (C=O) groups excluding carboxylic acids is 3. The van der Waals surface area contributed by atoms with Crippen molar-refractivity contribution in [1.29, 1.82) is 0 Å². The molecule has 8 nitrogen and oxygen atoms in total. The van der Waals surface area contributed by atoms with Crippen LogP contribution in [0.25, 0.3) is 0 Å². The number of H-pyrrole nitrogens is 1. The van der Waals surface area contributed by atoms with Crippen LogP contribution in [0, 0.1) is 0 Å². The third-order valence-corrected chi connectivity index (χ3v) is 3.45. The summed E-state index contributed by atoms with van der Waals surface area (Å²) in [6.07, 6.45) is 1.43. The fourth-order valence-corrected chi connectivity index (χ4v) is 2.17. The summed E-state index contributed by atoms with van der Waals surface area (Å²) in [5, 5.41) is 8.82. The molecule has 1 heterocycles. The molecule has 0 spiro atoms. The van der Waals surface area contributed by atoms with Crippen LogP contribution in [0.1, 0.15) is 31.2 Å². The standard InChI is InChI=1S/C14H12BrN3O5/c1-22-13(20)7-3-8(14(21)23-2)5-9(4-7)17-12(19)11-10(15)6-16-18-11/h3-6H,1-2H3,(H,16,18)(H,17,19). The molecular weight excluding hydrogens is 370 g/mol. The van der Waals surface area contributed by atoms with Crippen LogP contribution in [0.2, 0.25) is 0 Å². The van der Waals surface area contributed by atoms with E-state index in [4.69, 9.17) is 0 Å². The van der Waals surface area contributed by atoms with E-state index in [1.807, 2.05) is 0 Å². The second-order valence-corrected chi connectivity index (χ2v) is 5.18. The average molecular weight is 382 g/mol. The molecule has 1 aromatic heterocycles. The molecule has 0 fully saturated rings. The number of aromatic amines is 1. The Morgan fingerprint density at radius 3 is 2.09 bits per heavy atom. The van der Waals surface area contributed by atoms with Crippen molar-refractivity contribution in [1.82, 2.24) is 10.2 Å². The second kappa shape index (κ2) is 7.05. The first-order valence-electron chi connectivity index (χ1n) is 6.28. The number of anilines is 1. The van der Waals surface area contributed by atoms with Crippen LogP contribution in [0.4, 0.5) is 5.69 Å². The largest absolute Gasteiger partial charge is 0.465 e. The Morgan fingerprint density at radius 1 is 1.09 bits per heavy atom. The minimum atomic E-state index is -0.644. The molecule has 1 aromatic carbocycles. The van der Waals surface area contributed by atoms with Gasteiger partial charge in [0.2, 0.25) is 0 Å². The highest BCUT2D eigenvalue weighted by molar-refractivity contribution is 9.10. The first-order valence-corrected chi connectivity index (χ1v) is 7.07. The molecule has 0 aliphatic heterocycles. The number of aromatic nitrogens is 2. The van der Waals surface area contributed by atoms with Crippen molar-refractivity contribution >= 4 is 39.5 Å². The van der Waals surface area contributed by atoms with Gasteiger partial charge in [0, 0.05) is 5.69 Å². The van der Waals surface area contributed by atoms with E-state index in [-0.39, 0.29) is 22.5 Å². The van der Waals surface area contributed by atoms with Crippen molar-refractivity contribution in [3.05, 3.63) is 45.7 Å². The van der Waals surface area contributed by atoms with E-state index in [0.29, 0.717) is 4.47 Å². The lowest BCUT2D eigenvalue weighted by atomic mass is 10.1. The molecular formula is C14H12BrN3O5. The Labute approximate surface area is 139 Å². The lowest BCUT2D eigenvalue weighted by Gasteiger charge is -2.09. The number of ether oxygens (including phenoxy) is 2. The zero-order valence-corrected chi connectivity index (χ0v) is 13.8. The van der Waals surface area contributed by atoms with Crippen LogP contribution >= 0.6 is 15.9 Å². The number of nitrogens with one attached hydrogen (secondary N) is 2. The lowest BCUT2D eigenvalue weighted by molar-refractivity contribution is 0.0599. The number of halogens is 1. The molecule has 0 saturated carbocycles. The van der Waals surface area contributed by atoms with Crippen molar-refractivity contribution in [2.75, 3.05) is 19.5 Å². The molecule has 23 heavy (non-hydrogen) atoms. The summed E-state index contributed by atoms with van der Waals surface area (Å²) >= 11 is 3.18. The van der Waals surface area contributed by atoms with Gasteiger partial charge in [-0.1, -0.05) is 0 Å². The molecule has 0 aliphatic carbocycles. The van der Waals surface area contributed by atoms with Gasteiger partial charge in [0.15, 0.2) is 0 Å². The van der Waals surface area contributed by atoms with E-state index in [2.05, 4.69) is 40.9 Å². The maximum absolute atomic E-state index is 12.2. The van der Waals surface area contributed by atoms with Crippen LogP contribution in [-0.4, -0.2) is 42.3 Å². The number of hydrogen-bond acceptors (Lipinski definition) is 6. The van der Waals surface area contributed by atoms with E-state index < -0.39 is 17.8 Å². The Kier molecular flexibility index (Phi) is 5.12. The van der Waals surface area contributed by atoms with E-state index in [1.54, 1.807) is 0 Å². The maximum atomic E-state index is 12.2. The predicted octanol–water partition coefficient (Wildman–Crippen LogP) is 2.00. The molecule has 9 heteroatoms. The van der Waals surface area contributed by atoms with Crippen LogP contribution in [-0.2, 0) is 9.47 Å². The molecule has 2 aromatic rings. The van der Waals surface area contributed by atoms with Crippen LogP contribution in [0.3, 0.4) is 0 Å². The number of benzene rings is 1. The third-order valence-electron chi connectivity index (χ3n) is 2.85. The molecule has 2 N–H and O–H groups in total. The maximum Gasteiger partial charge on any atom is 0.337 e. The summed E-state index contributed by atoms with van der Waals surface area (Å²) in [6, 6.07) is 4.10. The minimum absolute atomic E-state index is 0.106. The summed E-state index contributed by atoms with van der Waals surface area (Å²) in [4.78, 5) is 35.5. The molecule has 120 valence electrons. The van der Waals surface area contributed by atoms with Crippen LogP contribution in [0.15, 0.2) is 28.9 Å². The van der Waals surface area contributed by atoms with Crippen molar-refractivity contribution in [3.8, 4) is 0 Å². The van der Waals surface area contributed by atoms with Gasteiger partial charge in [-0.25, -0.2) is 9.59 Å². The van der Waals surface area contributed by atoms with Crippen molar-refractivity contribution < 1.29 is 23.9 Å². The monoisotopic (exact) mass is 381 g/mol. The average Bonchev–Trinajstić information content (AvgIpc) is 2.99. The fraction of sp³-hybridized carbons (Fsp3) is 0.143. The molecule has 2 rings (SSSR count). The Morgan fingerprint density at radius 2 is 1.65 bits per heavy atom. The van der Waals surface area contributed by atoms with Crippen molar-refractivity contribution in [3.63, 3.8) is 0 Å². The summed E-state index contributed by atoms with van der Waals surface area (Å²) < 4.78 is 9.74. The molecule has 0 saturated heterocycles. The zero-order valence-electron chi connectivity index (χ0n) is 12.2. The number of rotatable bonds is 4. The van der Waals surface area contributed by atoms with Crippen LogP contribution in [0.5, 0.6) is 0 Å². The summed E-state index contributed by atoms with van der Waals surface area (Å²) in [6.45, 7) is 0. The SMILES string of the molecule is COC(=O)c1cc(NC(=O)c2[nH]ncc2Br)cc(C(=O)OC)c1. The highest BCUT2D eigenvalue weighted by Gasteiger charge is 2.17. The van der Waals surface area contributed by atoms with Gasteiger partial charge in [-0.2, -0.15) is 5.10 Å². The number of methoxy groups -OCH3 is 2. The quantitative estimate of drug-likeness (QED) is 0.783. The van der Waals surface area contributed by atoms with E-state index in [0.717, 1.165) is 0 Å². The number of nitrogens with zero attached hydrogens (tertiary/aromatic N) is 1. The molecule has 0 bridgehead atoms. The number of hydrogen-bond donors (Lipinski definition) is 2. The van der Waals surface area contributed by atoms with Crippen molar-refractivity contribution in [2.45, 2.75) is 0 Å². The topological polar surface area (TPSA) is 110 Å². The van der Waals surface area contributed by atoms with Gasteiger partial charge in [0.1, 0.15) is 5.69 Å². The van der Waals surface area contributed by atoms with Gasteiger partial charge in [0.25, 0.3) is 5.91 Å². The predicted molar refractivity (Wildman–Crippen MR) is 83.4 cm³/mol. The molecule has 1 amide bonds. The summed E-state index contributed by atoms with van der Waals surface area (Å²) in [7, 11) is 2.43. The number of carbonyl (C=O) groups is 3. The normalized spacial score (nSPS) is 10.0. The third kappa shape index (κ3) is 3.75. The molecule has 0 unspecified atom stereocenters. The van der Waals surface area contributed by atoms with Gasteiger partial charge in [-0.15, -0.1) is 0 Å². The molecule has 0 atom stereocenters. The van der Waals surface area contributed by atoms with Gasteiger partial charge >= 0.3 is 11.9 Å².